The predicted octanol–water partition coefficient (Wildman–Crippen LogP) is 10.1. The van der Waals surface area contributed by atoms with Gasteiger partial charge in [0.05, 0.1) is 0 Å². The van der Waals surface area contributed by atoms with Crippen LogP contribution in [0.5, 0.6) is 23.0 Å². The average Bonchev–Trinajstić information content (AvgIpc) is 3.28. The molecule has 8 rings (SSSR count). The molecule has 338 valence electrons. The second kappa shape index (κ2) is 27.7. The van der Waals surface area contributed by atoms with Gasteiger partial charge in [-0.05, 0) is 85.6 Å². The zero-order chi connectivity index (χ0) is 46.8. The van der Waals surface area contributed by atoms with Crippen LogP contribution in [-0.4, -0.2) is 87.8 Å². The number of aliphatic carboxylic acids is 2. The summed E-state index contributed by atoms with van der Waals surface area (Å²) in [5.41, 5.74) is 2.28. The van der Waals surface area contributed by atoms with Crippen LogP contribution in [0.4, 0.5) is 23.3 Å². The number of rotatable bonds is 10. The molecule has 4 aromatic carbocycles. The van der Waals surface area contributed by atoms with E-state index in [4.69, 9.17) is 24.9 Å². The molecule has 4 heterocycles. The third kappa shape index (κ3) is 15.3. The van der Waals surface area contributed by atoms with Crippen LogP contribution in [0.15, 0.2) is 121 Å². The molecule has 15 nitrogen and oxygen atoms in total. The summed E-state index contributed by atoms with van der Waals surface area (Å²) in [6, 6.07) is 37.1. The Kier molecular flexibility index (Phi) is 23.3. The van der Waals surface area contributed by atoms with Crippen molar-refractivity contribution in [1.82, 2.24) is 19.9 Å². The van der Waals surface area contributed by atoms with Crippen LogP contribution in [0.25, 0.3) is 43.6 Å². The molecular weight excluding hydrogens is 947 g/mol. The van der Waals surface area contributed by atoms with Crippen molar-refractivity contribution in [1.29, 1.82) is 0 Å². The molecule has 0 bridgehead atoms. The van der Waals surface area contributed by atoms with Crippen molar-refractivity contribution in [3.63, 3.8) is 0 Å². The van der Waals surface area contributed by atoms with E-state index < -0.39 is 11.9 Å². The first kappa shape index (κ1) is 55.6. The molecule has 0 fully saturated rings. The molecule has 0 spiro atoms. The molecule has 0 saturated heterocycles. The van der Waals surface area contributed by atoms with Crippen LogP contribution in [0, 0.1) is 0 Å². The van der Waals surface area contributed by atoms with Crippen molar-refractivity contribution >= 4 is 78.8 Å². The summed E-state index contributed by atoms with van der Waals surface area (Å²) in [5, 5.41) is 66.1. The summed E-state index contributed by atoms with van der Waals surface area (Å²) in [5.74, 6) is 1.87. The molecule has 66 heavy (non-hydrogen) atoms. The number of anilines is 4. The maximum Gasteiger partial charge on any atom is 0.300 e. The molecule has 0 unspecified atom stereocenters. The first-order valence-corrected chi connectivity index (χ1v) is 20.5. The Labute approximate surface area is 408 Å². The number of aliphatic hydroxyl groups excluding tert-OH is 1. The van der Waals surface area contributed by atoms with Gasteiger partial charge in [-0.3, -0.25) is 9.59 Å². The van der Waals surface area contributed by atoms with Gasteiger partial charge < -0.3 is 45.5 Å². The molecule has 8 aromatic rings. The summed E-state index contributed by atoms with van der Waals surface area (Å²) in [7, 11) is 1.00. The number of phenols is 4. The van der Waals surface area contributed by atoms with E-state index in [-0.39, 0.29) is 62.0 Å². The number of unbranched alkanes of at least 4 members (excludes halogenated alkanes) is 2. The fraction of sp³-hybridized carbons (Fsp3) is 0.224. The van der Waals surface area contributed by atoms with Gasteiger partial charge in [-0.1, -0.05) is 75.2 Å². The number of nitrogens with zero attached hydrogens (tertiary/aromatic N) is 6. The van der Waals surface area contributed by atoms with E-state index in [0.717, 1.165) is 105 Å². The van der Waals surface area contributed by atoms with Crippen molar-refractivity contribution in [3.8, 4) is 23.0 Å². The third-order valence-corrected chi connectivity index (χ3v) is 9.31. The van der Waals surface area contributed by atoms with E-state index in [2.05, 4.69) is 33.8 Å². The van der Waals surface area contributed by atoms with Gasteiger partial charge in [0, 0.05) is 94.5 Å². The number of carbonyl (C=O) groups is 2. The van der Waals surface area contributed by atoms with Crippen LogP contribution in [-0.2, 0) is 48.5 Å². The van der Waals surface area contributed by atoms with Gasteiger partial charge in [0.15, 0.2) is 0 Å². The predicted molar refractivity (Wildman–Crippen MR) is 252 cm³/mol. The minimum Gasteiger partial charge on any atom is -0.506 e. The second-order valence-corrected chi connectivity index (χ2v) is 14.1. The number of aromatic hydroxyl groups is 4. The van der Waals surface area contributed by atoms with Crippen molar-refractivity contribution in [2.24, 2.45) is 0 Å². The Morgan fingerprint density at radius 3 is 0.833 bits per heavy atom. The number of hydrogen-bond acceptors (Lipinski definition) is 13. The molecule has 0 aliphatic carbocycles. The topological polar surface area (TPSA) is 234 Å². The van der Waals surface area contributed by atoms with Crippen LogP contribution < -0.4 is 9.80 Å². The number of carboxylic acid groups (broad SMARTS) is 2. The fourth-order valence-corrected chi connectivity index (χ4v) is 6.41. The average molecular weight is 1000 g/mol. The van der Waals surface area contributed by atoms with Gasteiger partial charge >= 0.3 is 0 Å². The molecule has 0 radical (unpaired) electrons. The molecule has 0 saturated carbocycles. The maximum atomic E-state index is 10.2. The maximum absolute atomic E-state index is 10.2. The number of aromatic nitrogens is 4. The Morgan fingerprint density at radius 2 is 0.636 bits per heavy atom. The minimum atomic E-state index is -0.833. The summed E-state index contributed by atoms with van der Waals surface area (Å²) in [6.07, 6.45) is 4.02. The molecule has 0 amide bonds. The zero-order valence-corrected chi connectivity index (χ0v) is 43.8. The molecule has 0 atom stereocenters. The van der Waals surface area contributed by atoms with Crippen LogP contribution in [0.2, 0.25) is 0 Å². The second-order valence-electron chi connectivity index (χ2n) is 14.1. The van der Waals surface area contributed by atoms with Gasteiger partial charge in [-0.2, -0.15) is 0 Å². The van der Waals surface area contributed by atoms with Crippen molar-refractivity contribution < 1.29 is 84.3 Å². The summed E-state index contributed by atoms with van der Waals surface area (Å²) in [4.78, 5) is 40.8. The van der Waals surface area contributed by atoms with E-state index in [1.165, 1.54) is 0 Å². The molecule has 0 aliphatic heterocycles. The Balaban J connectivity index is 0.000000369. The van der Waals surface area contributed by atoms with E-state index in [0.29, 0.717) is 22.1 Å². The Bertz CT molecular complexity index is 2450. The van der Waals surface area contributed by atoms with Crippen LogP contribution in [0.1, 0.15) is 53.4 Å². The molecule has 7 N–H and O–H groups in total. The summed E-state index contributed by atoms with van der Waals surface area (Å²) in [6.45, 7) is 7.93. The van der Waals surface area contributed by atoms with Crippen molar-refractivity contribution in [3.05, 3.63) is 121 Å². The molecular formula is C49H54N6O9Zn2. The van der Waals surface area contributed by atoms with Gasteiger partial charge in [0.2, 0.25) is 0 Å². The first-order valence-electron chi connectivity index (χ1n) is 20.5. The van der Waals surface area contributed by atoms with Crippen molar-refractivity contribution in [2.45, 2.75) is 53.4 Å². The number of hydrogen-bond donors (Lipinski definition) is 7. The van der Waals surface area contributed by atoms with E-state index in [1.54, 1.807) is 24.3 Å². The minimum absolute atomic E-state index is 0. The number of pyridine rings is 4. The molecule has 0 aliphatic rings. The quantitative estimate of drug-likeness (QED) is 0.0632. The Morgan fingerprint density at radius 1 is 0.424 bits per heavy atom. The smallest absolute Gasteiger partial charge is 0.300 e. The molecule has 4 aromatic heterocycles. The fourth-order valence-electron chi connectivity index (χ4n) is 6.41. The zero-order valence-electron chi connectivity index (χ0n) is 37.8. The molecule has 17 heteroatoms. The van der Waals surface area contributed by atoms with Gasteiger partial charge in [-0.25, -0.2) is 19.9 Å². The number of para-hydroxylation sites is 4. The SMILES string of the molecule is CC(=O)O.CC(=O)O.CCCCN(c1ccc2cccc(O)c2n1)c1ccc2cccc(O)c2n1.CCCCN(c1ccc2cccc(O)c2n1)c1ccc2cccc(O)c2n1.CO.[Zn].[Zn]. The van der Waals surface area contributed by atoms with Crippen LogP contribution in [0.3, 0.4) is 0 Å². The standard InChI is InChI=1S/2C22H21N3O2.2C2H4O2.CH4O.2Zn/c2*1-2-3-14-25(19-12-10-15-6-4-8-17(26)21(15)23-19)20-13-11-16-7-5-9-18(27)22(16)24-20;2*1-2(3)4;1-2;;/h2*4-13,26-27H,2-3,14H2,1H3;2*1H3,(H,3,4);2H,1H3;;. The van der Waals surface area contributed by atoms with Gasteiger partial charge in [-0.15, -0.1) is 0 Å². The summed E-state index contributed by atoms with van der Waals surface area (Å²) < 4.78 is 0. The van der Waals surface area contributed by atoms with E-state index in [9.17, 15) is 20.4 Å². The third-order valence-electron chi connectivity index (χ3n) is 9.31. The largest absolute Gasteiger partial charge is 0.506 e. The Hall–Kier alpha value is -6.53. The van der Waals surface area contributed by atoms with Crippen LogP contribution >= 0.6 is 0 Å². The van der Waals surface area contributed by atoms with Gasteiger partial charge in [0.1, 0.15) is 68.3 Å². The normalized spacial score (nSPS) is 9.97. The van der Waals surface area contributed by atoms with Gasteiger partial charge in [0.25, 0.3) is 11.9 Å². The number of fused-ring (bicyclic) bond motifs is 4. The van der Waals surface area contributed by atoms with E-state index >= 15 is 0 Å². The number of aliphatic hydroxyl groups is 1. The monoisotopic (exact) mass is 998 g/mol. The van der Waals surface area contributed by atoms with E-state index in [1.807, 2.05) is 107 Å². The number of benzene rings is 4. The summed E-state index contributed by atoms with van der Waals surface area (Å²) >= 11 is 0. The first-order chi connectivity index (χ1) is 30.8. The number of phenolic OH excluding ortho intramolecular Hbond substituents is 4. The number of carboxylic acids is 2. The van der Waals surface area contributed by atoms with Crippen molar-refractivity contribution in [2.75, 3.05) is 30.0 Å².